The number of hydrogen-bond acceptors (Lipinski definition) is 3. The van der Waals surface area contributed by atoms with Gasteiger partial charge in [-0.1, -0.05) is 17.7 Å². The topological polar surface area (TPSA) is 79.5 Å². The van der Waals surface area contributed by atoms with Crippen LogP contribution in [-0.4, -0.2) is 30.6 Å². The minimum absolute atomic E-state index is 0.239. The summed E-state index contributed by atoms with van der Waals surface area (Å²) in [4.78, 5) is 23.8. The van der Waals surface area contributed by atoms with Gasteiger partial charge in [-0.3, -0.25) is 4.79 Å². The Morgan fingerprint density at radius 2 is 1.96 bits per heavy atom. The molecule has 0 aliphatic carbocycles. The summed E-state index contributed by atoms with van der Waals surface area (Å²) in [5, 5.41) is 8.65. The normalized spacial score (nSPS) is 12.3. The number of carbonyl (C=O) groups is 2. The van der Waals surface area contributed by atoms with E-state index in [1.807, 2.05) is 20.8 Å². The number of methoxy groups -OCH3 is 1. The van der Waals surface area contributed by atoms with Crippen LogP contribution in [-0.2, 0) is 11.3 Å². The molecule has 0 bridgehead atoms. The van der Waals surface area contributed by atoms with E-state index in [2.05, 4.69) is 16.0 Å². The molecule has 0 saturated carbocycles. The molecule has 6 nitrogen and oxygen atoms in total. The average Bonchev–Trinajstić information content (AvgIpc) is 2.43. The standard InChI is InChI=1S/C16H24ClN3O3/c1-10(14(21)20-16(2,3)4)19-15(22)18-9-11-6-7-12(17)8-13(11)23-5/h6-8,10H,9H2,1-5H3,(H,20,21)(H2,18,19,22)/t10-/m0/s1. The van der Waals surface area contributed by atoms with E-state index in [4.69, 9.17) is 16.3 Å². The fraction of sp³-hybridized carbons (Fsp3) is 0.500. The lowest BCUT2D eigenvalue weighted by atomic mass is 10.1. The number of hydrogen-bond donors (Lipinski definition) is 3. The maximum atomic E-state index is 11.9. The van der Waals surface area contributed by atoms with Crippen molar-refractivity contribution in [3.63, 3.8) is 0 Å². The van der Waals surface area contributed by atoms with E-state index in [9.17, 15) is 9.59 Å². The lowest BCUT2D eigenvalue weighted by Crippen LogP contribution is -2.52. The fourth-order valence-electron chi connectivity index (χ4n) is 1.83. The third-order valence-electron chi connectivity index (χ3n) is 2.93. The molecular formula is C16H24ClN3O3. The maximum Gasteiger partial charge on any atom is 0.315 e. The van der Waals surface area contributed by atoms with Crippen LogP contribution in [0.5, 0.6) is 5.75 Å². The van der Waals surface area contributed by atoms with Gasteiger partial charge in [-0.05, 0) is 39.8 Å². The van der Waals surface area contributed by atoms with Gasteiger partial charge in [0.1, 0.15) is 11.8 Å². The van der Waals surface area contributed by atoms with E-state index in [-0.39, 0.29) is 18.0 Å². The van der Waals surface area contributed by atoms with Gasteiger partial charge in [-0.25, -0.2) is 4.79 Å². The number of carbonyl (C=O) groups excluding carboxylic acids is 2. The van der Waals surface area contributed by atoms with Crippen LogP contribution in [0.2, 0.25) is 5.02 Å². The zero-order chi connectivity index (χ0) is 17.6. The van der Waals surface area contributed by atoms with Crippen molar-refractivity contribution in [2.24, 2.45) is 0 Å². The summed E-state index contributed by atoms with van der Waals surface area (Å²) in [6.45, 7) is 7.53. The number of amides is 3. The Labute approximate surface area is 141 Å². The fourth-order valence-corrected chi connectivity index (χ4v) is 1.99. The number of rotatable bonds is 5. The molecule has 0 aromatic heterocycles. The predicted molar refractivity (Wildman–Crippen MR) is 90.7 cm³/mol. The van der Waals surface area contributed by atoms with Crippen molar-refractivity contribution in [3.8, 4) is 5.75 Å². The molecule has 128 valence electrons. The summed E-state index contributed by atoms with van der Waals surface area (Å²) >= 11 is 5.89. The van der Waals surface area contributed by atoms with Crippen LogP contribution in [0.25, 0.3) is 0 Å². The number of benzene rings is 1. The molecule has 0 aliphatic rings. The molecule has 0 radical (unpaired) electrons. The first-order chi connectivity index (χ1) is 10.6. The van der Waals surface area contributed by atoms with Crippen molar-refractivity contribution >= 4 is 23.5 Å². The molecule has 0 spiro atoms. The molecule has 1 aromatic carbocycles. The van der Waals surface area contributed by atoms with Crippen molar-refractivity contribution in [3.05, 3.63) is 28.8 Å². The van der Waals surface area contributed by atoms with E-state index >= 15 is 0 Å². The molecule has 23 heavy (non-hydrogen) atoms. The minimum Gasteiger partial charge on any atom is -0.496 e. The van der Waals surface area contributed by atoms with Crippen LogP contribution < -0.4 is 20.7 Å². The van der Waals surface area contributed by atoms with Crippen LogP contribution in [0.1, 0.15) is 33.3 Å². The third kappa shape index (κ3) is 6.78. The van der Waals surface area contributed by atoms with Gasteiger partial charge in [0.15, 0.2) is 0 Å². The largest absolute Gasteiger partial charge is 0.496 e. The highest BCUT2D eigenvalue weighted by atomic mass is 35.5. The third-order valence-corrected chi connectivity index (χ3v) is 3.16. The Balaban J connectivity index is 2.53. The van der Waals surface area contributed by atoms with Crippen LogP contribution in [0, 0.1) is 0 Å². The lowest BCUT2D eigenvalue weighted by Gasteiger charge is -2.23. The van der Waals surface area contributed by atoms with E-state index in [0.717, 1.165) is 5.56 Å². The van der Waals surface area contributed by atoms with Gasteiger partial charge >= 0.3 is 6.03 Å². The monoisotopic (exact) mass is 341 g/mol. The zero-order valence-electron chi connectivity index (χ0n) is 14.1. The number of urea groups is 1. The van der Waals surface area contributed by atoms with Gasteiger partial charge in [-0.15, -0.1) is 0 Å². The lowest BCUT2D eigenvalue weighted by molar-refractivity contribution is -0.123. The summed E-state index contributed by atoms with van der Waals surface area (Å²) < 4.78 is 5.21. The zero-order valence-corrected chi connectivity index (χ0v) is 14.9. The van der Waals surface area contributed by atoms with Crippen LogP contribution in [0.4, 0.5) is 4.79 Å². The molecule has 0 unspecified atom stereocenters. The van der Waals surface area contributed by atoms with Gasteiger partial charge in [0.25, 0.3) is 0 Å². The van der Waals surface area contributed by atoms with Gasteiger partial charge < -0.3 is 20.7 Å². The maximum absolute atomic E-state index is 11.9. The van der Waals surface area contributed by atoms with Crippen molar-refractivity contribution in [1.29, 1.82) is 0 Å². The van der Waals surface area contributed by atoms with Crippen molar-refractivity contribution in [2.45, 2.75) is 45.8 Å². The molecule has 1 atom stereocenters. The Kier molecular flexibility index (Phi) is 6.69. The number of nitrogens with one attached hydrogen (secondary N) is 3. The molecule has 1 rings (SSSR count). The van der Waals surface area contributed by atoms with Crippen LogP contribution in [0.15, 0.2) is 18.2 Å². The number of ether oxygens (including phenoxy) is 1. The smallest absolute Gasteiger partial charge is 0.315 e. The molecule has 0 saturated heterocycles. The second-order valence-electron chi connectivity index (χ2n) is 6.24. The van der Waals surface area contributed by atoms with E-state index < -0.39 is 12.1 Å². The Hall–Kier alpha value is -1.95. The Morgan fingerprint density at radius 3 is 2.52 bits per heavy atom. The van der Waals surface area contributed by atoms with E-state index in [0.29, 0.717) is 10.8 Å². The molecule has 0 fully saturated rings. The molecule has 0 aliphatic heterocycles. The summed E-state index contributed by atoms with van der Waals surface area (Å²) in [6.07, 6.45) is 0. The SMILES string of the molecule is COc1cc(Cl)ccc1CNC(=O)N[C@@H](C)C(=O)NC(C)(C)C. The molecule has 0 heterocycles. The predicted octanol–water partition coefficient (Wildman–Crippen LogP) is 2.45. The molecule has 7 heteroatoms. The summed E-state index contributed by atoms with van der Waals surface area (Å²) in [7, 11) is 1.54. The quantitative estimate of drug-likeness (QED) is 0.769. The highest BCUT2D eigenvalue weighted by Crippen LogP contribution is 2.22. The van der Waals surface area contributed by atoms with Crippen molar-refractivity contribution in [1.82, 2.24) is 16.0 Å². The van der Waals surface area contributed by atoms with E-state index in [1.165, 1.54) is 7.11 Å². The number of halogens is 1. The molecule has 3 amide bonds. The average molecular weight is 342 g/mol. The van der Waals surface area contributed by atoms with Crippen molar-refractivity contribution in [2.75, 3.05) is 7.11 Å². The van der Waals surface area contributed by atoms with Gasteiger partial charge in [0.05, 0.1) is 7.11 Å². The van der Waals surface area contributed by atoms with Gasteiger partial charge in [0.2, 0.25) is 5.91 Å². The summed E-state index contributed by atoms with van der Waals surface area (Å²) in [5.74, 6) is 0.355. The first-order valence-corrected chi connectivity index (χ1v) is 7.69. The minimum atomic E-state index is -0.638. The van der Waals surface area contributed by atoms with Gasteiger partial charge in [0, 0.05) is 22.7 Å². The molecule has 3 N–H and O–H groups in total. The van der Waals surface area contributed by atoms with Gasteiger partial charge in [-0.2, -0.15) is 0 Å². The molecule has 1 aromatic rings. The van der Waals surface area contributed by atoms with Crippen LogP contribution in [0.3, 0.4) is 0 Å². The molecular weight excluding hydrogens is 318 g/mol. The second-order valence-corrected chi connectivity index (χ2v) is 6.68. The Bertz CT molecular complexity index is 570. The Morgan fingerprint density at radius 1 is 1.30 bits per heavy atom. The second kappa shape index (κ2) is 8.06. The van der Waals surface area contributed by atoms with Crippen LogP contribution >= 0.6 is 11.6 Å². The summed E-state index contributed by atoms with van der Waals surface area (Å²) in [6, 6.07) is 4.10. The summed E-state index contributed by atoms with van der Waals surface area (Å²) in [5.41, 5.74) is 0.444. The highest BCUT2D eigenvalue weighted by Gasteiger charge is 2.20. The first-order valence-electron chi connectivity index (χ1n) is 7.31. The van der Waals surface area contributed by atoms with E-state index in [1.54, 1.807) is 25.1 Å². The highest BCUT2D eigenvalue weighted by molar-refractivity contribution is 6.30. The first kappa shape index (κ1) is 19.1. The van der Waals surface area contributed by atoms with Crippen molar-refractivity contribution < 1.29 is 14.3 Å².